The number of hydrogen-bond acceptors (Lipinski definition) is 1. The van der Waals surface area contributed by atoms with E-state index in [1.54, 1.807) is 7.05 Å². The number of carbonyl (C=O) groups is 1. The molecule has 0 heterocycles. The Bertz CT molecular complexity index is 904. The minimum Gasteiger partial charge on any atom is -0.355 e. The Hall–Kier alpha value is -3.13. The third-order valence-corrected chi connectivity index (χ3v) is 4.44. The van der Waals surface area contributed by atoms with Crippen LogP contribution in [0.3, 0.4) is 0 Å². The van der Waals surface area contributed by atoms with Crippen LogP contribution in [0.4, 0.5) is 0 Å². The first-order chi connectivity index (χ1) is 11.8. The molecule has 0 aliphatic heterocycles. The lowest BCUT2D eigenvalue weighted by atomic mass is 10.0. The molecule has 116 valence electrons. The van der Waals surface area contributed by atoms with Crippen LogP contribution in [0.1, 0.15) is 27.0 Å². The molecule has 0 radical (unpaired) electrons. The molecule has 1 N–H and O–H groups in total. The lowest BCUT2D eigenvalue weighted by Gasteiger charge is -2.04. The number of carbonyl (C=O) groups excluding carboxylic acids is 1. The van der Waals surface area contributed by atoms with Crippen molar-refractivity contribution in [2.24, 2.45) is 0 Å². The van der Waals surface area contributed by atoms with Crippen molar-refractivity contribution >= 4 is 17.6 Å². The average Bonchev–Trinajstić information content (AvgIpc) is 2.96. The lowest BCUT2D eigenvalue weighted by Crippen LogP contribution is -2.17. The van der Waals surface area contributed by atoms with Gasteiger partial charge in [-0.2, -0.15) is 0 Å². The predicted octanol–water partition coefficient (Wildman–Crippen LogP) is 4.62. The van der Waals surface area contributed by atoms with Gasteiger partial charge in [-0.05, 0) is 51.6 Å². The number of nitrogens with one attached hydrogen (secondary N) is 1. The first kappa shape index (κ1) is 14.5. The van der Waals surface area contributed by atoms with Crippen LogP contribution in [0.2, 0.25) is 0 Å². The number of rotatable bonds is 2. The summed E-state index contributed by atoms with van der Waals surface area (Å²) in [5.74, 6) is -0.0641. The fraction of sp³-hybridized carbons (Fsp3) is 0.0455. The molecule has 2 nitrogen and oxygen atoms in total. The second-order valence-corrected chi connectivity index (χ2v) is 5.85. The van der Waals surface area contributed by atoms with E-state index in [-0.39, 0.29) is 5.91 Å². The molecule has 1 amide bonds. The lowest BCUT2D eigenvalue weighted by molar-refractivity contribution is 0.0963. The predicted molar refractivity (Wildman–Crippen MR) is 98.7 cm³/mol. The van der Waals surface area contributed by atoms with Gasteiger partial charge in [0, 0.05) is 12.6 Å². The Labute approximate surface area is 141 Å². The van der Waals surface area contributed by atoms with Crippen LogP contribution in [0.5, 0.6) is 0 Å². The molecular weight excluding hydrogens is 294 g/mol. The highest BCUT2D eigenvalue weighted by Crippen LogP contribution is 2.44. The van der Waals surface area contributed by atoms with Gasteiger partial charge in [0.1, 0.15) is 0 Å². The zero-order valence-corrected chi connectivity index (χ0v) is 13.4. The zero-order valence-electron chi connectivity index (χ0n) is 13.4. The average molecular weight is 311 g/mol. The summed E-state index contributed by atoms with van der Waals surface area (Å²) in [5, 5.41) is 2.65. The molecule has 0 fully saturated rings. The summed E-state index contributed by atoms with van der Waals surface area (Å²) in [5.41, 5.74) is 8.07. The van der Waals surface area contributed by atoms with E-state index in [0.717, 1.165) is 5.56 Å². The first-order valence-corrected chi connectivity index (χ1v) is 8.01. The molecule has 2 heteroatoms. The van der Waals surface area contributed by atoms with Gasteiger partial charge < -0.3 is 5.32 Å². The van der Waals surface area contributed by atoms with Gasteiger partial charge in [-0.15, -0.1) is 0 Å². The van der Waals surface area contributed by atoms with Gasteiger partial charge in [-0.3, -0.25) is 4.79 Å². The summed E-state index contributed by atoms with van der Waals surface area (Å²) in [6.07, 6.45) is 2.19. The van der Waals surface area contributed by atoms with E-state index in [1.165, 1.54) is 27.8 Å². The maximum absolute atomic E-state index is 11.7. The van der Waals surface area contributed by atoms with E-state index in [1.807, 2.05) is 24.3 Å². The fourth-order valence-corrected chi connectivity index (χ4v) is 3.25. The van der Waals surface area contributed by atoms with Gasteiger partial charge in [0.05, 0.1) is 0 Å². The summed E-state index contributed by atoms with van der Waals surface area (Å²) in [6.45, 7) is 0. The molecule has 3 aromatic rings. The Morgan fingerprint density at radius 3 is 1.75 bits per heavy atom. The van der Waals surface area contributed by atoms with Gasteiger partial charge in [0.15, 0.2) is 0 Å². The van der Waals surface area contributed by atoms with Crippen LogP contribution >= 0.6 is 0 Å². The molecular formula is C22H17NO. The highest BCUT2D eigenvalue weighted by atomic mass is 16.1. The Balaban J connectivity index is 1.81. The van der Waals surface area contributed by atoms with Gasteiger partial charge in [0.25, 0.3) is 5.91 Å². The molecule has 0 bridgehead atoms. The summed E-state index contributed by atoms with van der Waals surface area (Å²) in [6, 6.07) is 24.7. The van der Waals surface area contributed by atoms with E-state index >= 15 is 0 Å². The van der Waals surface area contributed by atoms with Crippen LogP contribution in [0, 0.1) is 0 Å². The second kappa shape index (κ2) is 5.82. The summed E-state index contributed by atoms with van der Waals surface area (Å²) in [7, 11) is 1.64. The van der Waals surface area contributed by atoms with Crippen molar-refractivity contribution in [3.8, 4) is 11.1 Å². The molecule has 0 atom stereocenters. The number of benzene rings is 3. The molecule has 1 aliphatic rings. The maximum Gasteiger partial charge on any atom is 0.251 e. The minimum absolute atomic E-state index is 0.0641. The normalized spacial score (nSPS) is 11.6. The van der Waals surface area contributed by atoms with E-state index in [9.17, 15) is 4.79 Å². The molecule has 1 aliphatic carbocycles. The number of fused-ring (bicyclic) bond motifs is 3. The van der Waals surface area contributed by atoms with Crippen molar-refractivity contribution in [2.75, 3.05) is 7.05 Å². The number of amides is 1. The smallest absolute Gasteiger partial charge is 0.251 e. The van der Waals surface area contributed by atoms with Gasteiger partial charge in [-0.1, -0.05) is 60.7 Å². The minimum atomic E-state index is -0.0641. The van der Waals surface area contributed by atoms with Crippen LogP contribution < -0.4 is 5.32 Å². The third kappa shape index (κ3) is 2.33. The SMILES string of the molecule is CNC(=O)c1ccc(C=C2c3ccccc3-c3ccccc32)cc1. The molecule has 0 saturated carbocycles. The van der Waals surface area contributed by atoms with Crippen molar-refractivity contribution in [3.63, 3.8) is 0 Å². The molecule has 0 saturated heterocycles. The van der Waals surface area contributed by atoms with Gasteiger partial charge >= 0.3 is 0 Å². The molecule has 0 spiro atoms. The van der Waals surface area contributed by atoms with Gasteiger partial charge in [0.2, 0.25) is 0 Å². The largest absolute Gasteiger partial charge is 0.355 e. The van der Waals surface area contributed by atoms with Crippen molar-refractivity contribution in [1.82, 2.24) is 5.32 Å². The highest BCUT2D eigenvalue weighted by Gasteiger charge is 2.22. The molecule has 0 aromatic heterocycles. The Kier molecular flexibility index (Phi) is 3.51. The number of hydrogen-bond donors (Lipinski definition) is 1. The highest BCUT2D eigenvalue weighted by molar-refractivity contribution is 6.06. The van der Waals surface area contributed by atoms with Crippen molar-refractivity contribution in [1.29, 1.82) is 0 Å². The maximum atomic E-state index is 11.7. The first-order valence-electron chi connectivity index (χ1n) is 8.01. The van der Waals surface area contributed by atoms with Crippen LogP contribution in [-0.4, -0.2) is 13.0 Å². The fourth-order valence-electron chi connectivity index (χ4n) is 3.25. The van der Waals surface area contributed by atoms with E-state index in [4.69, 9.17) is 0 Å². The zero-order chi connectivity index (χ0) is 16.5. The summed E-state index contributed by atoms with van der Waals surface area (Å²) >= 11 is 0. The molecule has 0 unspecified atom stereocenters. The Morgan fingerprint density at radius 1 is 0.750 bits per heavy atom. The Morgan fingerprint density at radius 2 is 1.25 bits per heavy atom. The van der Waals surface area contributed by atoms with E-state index < -0.39 is 0 Å². The molecule has 3 aromatic carbocycles. The summed E-state index contributed by atoms with van der Waals surface area (Å²) in [4.78, 5) is 11.7. The molecule has 4 rings (SSSR count). The standard InChI is InChI=1S/C22H17NO/c1-23-22(24)16-12-10-15(11-13-16)14-21-19-8-4-2-6-17(19)18-7-3-5-9-20(18)21/h2-14H,1H3,(H,23,24). The quantitative estimate of drug-likeness (QED) is 0.575. The van der Waals surface area contributed by atoms with Crippen molar-refractivity contribution in [3.05, 3.63) is 95.1 Å². The monoisotopic (exact) mass is 311 g/mol. The second-order valence-electron chi connectivity index (χ2n) is 5.85. The van der Waals surface area contributed by atoms with Crippen molar-refractivity contribution in [2.45, 2.75) is 0 Å². The molecule has 24 heavy (non-hydrogen) atoms. The van der Waals surface area contributed by atoms with Crippen LogP contribution in [0.15, 0.2) is 72.8 Å². The summed E-state index contributed by atoms with van der Waals surface area (Å²) < 4.78 is 0. The van der Waals surface area contributed by atoms with Gasteiger partial charge in [-0.25, -0.2) is 0 Å². The third-order valence-electron chi connectivity index (χ3n) is 4.44. The van der Waals surface area contributed by atoms with E-state index in [0.29, 0.717) is 5.56 Å². The topological polar surface area (TPSA) is 29.1 Å². The van der Waals surface area contributed by atoms with E-state index in [2.05, 4.69) is 59.9 Å². The van der Waals surface area contributed by atoms with Crippen molar-refractivity contribution < 1.29 is 4.79 Å². The van der Waals surface area contributed by atoms with Crippen LogP contribution in [-0.2, 0) is 0 Å². The van der Waals surface area contributed by atoms with Crippen LogP contribution in [0.25, 0.3) is 22.8 Å².